The number of halogens is 1. The van der Waals surface area contributed by atoms with E-state index in [1.54, 1.807) is 0 Å². The third-order valence-electron chi connectivity index (χ3n) is 3.40. The number of hydrogen-bond acceptors (Lipinski definition) is 3. The zero-order chi connectivity index (χ0) is 17.4. The number of nitrogens with two attached hydrogens (primary N) is 1. The molecule has 3 N–H and O–H groups in total. The maximum absolute atomic E-state index is 14.1. The van der Waals surface area contributed by atoms with Gasteiger partial charge >= 0.3 is 0 Å². The molecule has 124 valence electrons. The van der Waals surface area contributed by atoms with E-state index < -0.39 is 11.7 Å². The fourth-order valence-electron chi connectivity index (χ4n) is 2.27. The molecule has 0 aliphatic heterocycles. The first kappa shape index (κ1) is 17.7. The molecule has 0 saturated carbocycles. The number of benzene rings is 2. The second-order valence-corrected chi connectivity index (χ2v) is 5.14. The fraction of sp³-hybridized carbons (Fsp3) is 0.211. The Morgan fingerprint density at radius 1 is 1.21 bits per heavy atom. The van der Waals surface area contributed by atoms with Crippen LogP contribution in [0, 0.1) is 17.7 Å². The smallest absolute Gasteiger partial charge is 0.257 e. The highest BCUT2D eigenvalue weighted by molar-refractivity contribution is 5.94. The van der Waals surface area contributed by atoms with Crippen LogP contribution in [0.3, 0.4) is 0 Å². The van der Waals surface area contributed by atoms with Crippen molar-refractivity contribution in [2.45, 2.75) is 6.54 Å². The van der Waals surface area contributed by atoms with Crippen LogP contribution in [0.25, 0.3) is 0 Å². The van der Waals surface area contributed by atoms with E-state index in [2.05, 4.69) is 11.8 Å². The third kappa shape index (κ3) is 4.66. The molecule has 1 amide bonds. The van der Waals surface area contributed by atoms with Gasteiger partial charge in [0.15, 0.2) is 0 Å². The first-order valence-corrected chi connectivity index (χ1v) is 7.58. The Morgan fingerprint density at radius 3 is 2.62 bits per heavy atom. The maximum atomic E-state index is 14.1. The SMILES string of the molecule is NCC#Cc1ccc(F)c(C(=O)N(CCO)Cc2ccccc2)c1. The first-order chi connectivity index (χ1) is 11.7. The number of carbonyl (C=O) groups excluding carboxylic acids is 1. The molecule has 0 atom stereocenters. The first-order valence-electron chi connectivity index (χ1n) is 7.58. The van der Waals surface area contributed by atoms with Gasteiger partial charge in [0, 0.05) is 18.7 Å². The van der Waals surface area contributed by atoms with E-state index in [4.69, 9.17) is 5.73 Å². The van der Waals surface area contributed by atoms with Crippen LogP contribution in [0.2, 0.25) is 0 Å². The monoisotopic (exact) mass is 326 g/mol. The molecule has 5 heteroatoms. The Morgan fingerprint density at radius 2 is 1.96 bits per heavy atom. The molecule has 0 saturated heterocycles. The van der Waals surface area contributed by atoms with Crippen molar-refractivity contribution in [2.75, 3.05) is 19.7 Å². The van der Waals surface area contributed by atoms with E-state index in [1.165, 1.54) is 23.1 Å². The quantitative estimate of drug-likeness (QED) is 0.823. The summed E-state index contributed by atoms with van der Waals surface area (Å²) in [6.07, 6.45) is 0. The molecule has 0 spiro atoms. The van der Waals surface area contributed by atoms with Gasteiger partial charge in [-0.3, -0.25) is 4.79 Å². The highest BCUT2D eigenvalue weighted by Gasteiger charge is 2.19. The average Bonchev–Trinajstić information content (AvgIpc) is 2.61. The van der Waals surface area contributed by atoms with Crippen LogP contribution in [0.1, 0.15) is 21.5 Å². The van der Waals surface area contributed by atoms with Gasteiger partial charge in [-0.15, -0.1) is 0 Å². The van der Waals surface area contributed by atoms with Crippen molar-refractivity contribution in [2.24, 2.45) is 5.73 Å². The van der Waals surface area contributed by atoms with Gasteiger partial charge in [0.2, 0.25) is 0 Å². The van der Waals surface area contributed by atoms with Gasteiger partial charge in [-0.05, 0) is 23.8 Å². The summed E-state index contributed by atoms with van der Waals surface area (Å²) in [5.41, 5.74) is 6.68. The van der Waals surface area contributed by atoms with Crippen molar-refractivity contribution in [1.82, 2.24) is 4.90 Å². The highest BCUT2D eigenvalue weighted by atomic mass is 19.1. The van der Waals surface area contributed by atoms with Crippen molar-refractivity contribution < 1.29 is 14.3 Å². The number of nitrogens with zero attached hydrogens (tertiary/aromatic N) is 1. The minimum Gasteiger partial charge on any atom is -0.395 e. The van der Waals surface area contributed by atoms with Crippen LogP contribution in [-0.4, -0.2) is 35.6 Å². The average molecular weight is 326 g/mol. The lowest BCUT2D eigenvalue weighted by atomic mass is 10.1. The Hall–Kier alpha value is -2.68. The van der Waals surface area contributed by atoms with Crippen LogP contribution < -0.4 is 5.73 Å². The largest absolute Gasteiger partial charge is 0.395 e. The number of rotatable bonds is 5. The Labute approximate surface area is 140 Å². The molecule has 0 bridgehead atoms. The summed E-state index contributed by atoms with van der Waals surface area (Å²) in [5, 5.41) is 9.23. The van der Waals surface area contributed by atoms with Gasteiger partial charge in [-0.2, -0.15) is 0 Å². The lowest BCUT2D eigenvalue weighted by molar-refractivity contribution is 0.0703. The van der Waals surface area contributed by atoms with E-state index in [1.807, 2.05) is 30.3 Å². The van der Waals surface area contributed by atoms with Gasteiger partial charge in [0.05, 0.1) is 18.7 Å². The maximum Gasteiger partial charge on any atom is 0.257 e. The Balaban J connectivity index is 2.28. The second-order valence-electron chi connectivity index (χ2n) is 5.14. The molecule has 0 unspecified atom stereocenters. The molecule has 0 radical (unpaired) electrons. The number of carbonyl (C=O) groups is 1. The highest BCUT2D eigenvalue weighted by Crippen LogP contribution is 2.15. The number of aliphatic hydroxyl groups is 1. The summed E-state index contributed by atoms with van der Waals surface area (Å²) in [5.74, 6) is 4.36. The third-order valence-corrected chi connectivity index (χ3v) is 3.40. The number of amides is 1. The van der Waals surface area contributed by atoms with Crippen molar-refractivity contribution in [3.8, 4) is 11.8 Å². The summed E-state index contributed by atoms with van der Waals surface area (Å²) in [4.78, 5) is 14.1. The molecular weight excluding hydrogens is 307 g/mol. The summed E-state index contributed by atoms with van der Waals surface area (Å²) >= 11 is 0. The van der Waals surface area contributed by atoms with Crippen LogP contribution >= 0.6 is 0 Å². The normalized spacial score (nSPS) is 9.96. The standard InChI is InChI=1S/C19H19FN2O2/c20-18-9-8-15(7-4-10-21)13-17(18)19(24)22(11-12-23)14-16-5-2-1-3-6-16/h1-3,5-6,8-9,13,23H,10-12,14,21H2. The molecule has 0 fully saturated rings. The minimum atomic E-state index is -0.616. The van der Waals surface area contributed by atoms with Gasteiger partial charge in [-0.25, -0.2) is 4.39 Å². The Bertz CT molecular complexity index is 751. The summed E-state index contributed by atoms with van der Waals surface area (Å²) in [6.45, 7) is 0.391. The Kier molecular flexibility index (Phi) is 6.50. The lowest BCUT2D eigenvalue weighted by Gasteiger charge is -2.22. The van der Waals surface area contributed by atoms with Crippen molar-refractivity contribution in [3.63, 3.8) is 0 Å². The van der Waals surface area contributed by atoms with Crippen LogP contribution in [0.15, 0.2) is 48.5 Å². The zero-order valence-corrected chi connectivity index (χ0v) is 13.2. The van der Waals surface area contributed by atoms with Crippen LogP contribution in [-0.2, 0) is 6.54 Å². The van der Waals surface area contributed by atoms with E-state index >= 15 is 0 Å². The van der Waals surface area contributed by atoms with Gasteiger partial charge < -0.3 is 15.7 Å². The van der Waals surface area contributed by atoms with Crippen molar-refractivity contribution >= 4 is 5.91 Å². The molecular formula is C19H19FN2O2. The van der Waals surface area contributed by atoms with Gasteiger partial charge in [0.1, 0.15) is 5.82 Å². The van der Waals surface area contributed by atoms with Gasteiger partial charge in [-0.1, -0.05) is 42.2 Å². The van der Waals surface area contributed by atoms with Crippen LogP contribution in [0.5, 0.6) is 0 Å². The second kappa shape index (κ2) is 8.82. The molecule has 0 aromatic heterocycles. The van der Waals surface area contributed by atoms with Gasteiger partial charge in [0.25, 0.3) is 5.91 Å². The number of aliphatic hydroxyl groups excluding tert-OH is 1. The molecule has 2 rings (SSSR count). The molecule has 0 aliphatic rings. The predicted octanol–water partition coefficient (Wildman–Crippen LogP) is 1.77. The summed E-state index contributed by atoms with van der Waals surface area (Å²) < 4.78 is 14.1. The lowest BCUT2D eigenvalue weighted by Crippen LogP contribution is -2.33. The predicted molar refractivity (Wildman–Crippen MR) is 90.6 cm³/mol. The zero-order valence-electron chi connectivity index (χ0n) is 13.2. The summed E-state index contributed by atoms with van der Waals surface area (Å²) in [7, 11) is 0. The fourth-order valence-corrected chi connectivity index (χ4v) is 2.27. The molecule has 2 aromatic rings. The molecule has 24 heavy (non-hydrogen) atoms. The molecule has 0 aliphatic carbocycles. The summed E-state index contributed by atoms with van der Waals surface area (Å²) in [6, 6.07) is 13.5. The van der Waals surface area contributed by atoms with E-state index in [-0.39, 0.29) is 25.3 Å². The van der Waals surface area contributed by atoms with E-state index in [9.17, 15) is 14.3 Å². The number of hydrogen-bond donors (Lipinski definition) is 2. The molecule has 0 heterocycles. The molecule has 4 nitrogen and oxygen atoms in total. The van der Waals surface area contributed by atoms with Crippen molar-refractivity contribution in [1.29, 1.82) is 0 Å². The van der Waals surface area contributed by atoms with E-state index in [0.717, 1.165) is 5.56 Å². The van der Waals surface area contributed by atoms with Crippen molar-refractivity contribution in [3.05, 3.63) is 71.0 Å². The van der Waals surface area contributed by atoms with E-state index in [0.29, 0.717) is 12.1 Å². The van der Waals surface area contributed by atoms with Crippen LogP contribution in [0.4, 0.5) is 4.39 Å². The minimum absolute atomic E-state index is 0.0665. The molecule has 2 aromatic carbocycles. The topological polar surface area (TPSA) is 66.6 Å².